The van der Waals surface area contributed by atoms with Gasteiger partial charge in [-0.25, -0.2) is 9.78 Å². The summed E-state index contributed by atoms with van der Waals surface area (Å²) >= 11 is 0. The summed E-state index contributed by atoms with van der Waals surface area (Å²) in [7, 11) is 0. The summed E-state index contributed by atoms with van der Waals surface area (Å²) in [5.74, 6) is -1.58. The third kappa shape index (κ3) is 4.41. The molecule has 1 aliphatic rings. The van der Waals surface area contributed by atoms with Crippen LogP contribution in [0.5, 0.6) is 0 Å². The smallest absolute Gasteiger partial charge is 0.335 e. The van der Waals surface area contributed by atoms with Crippen molar-refractivity contribution in [2.45, 2.75) is 26.3 Å². The normalized spacial score (nSPS) is 14.0. The van der Waals surface area contributed by atoms with Crippen LogP contribution in [-0.2, 0) is 22.6 Å². The van der Waals surface area contributed by atoms with Gasteiger partial charge in [-0.15, -0.1) is 0 Å². The van der Waals surface area contributed by atoms with Gasteiger partial charge in [0, 0.05) is 18.5 Å². The third-order valence-electron chi connectivity index (χ3n) is 5.53. The zero-order valence-corrected chi connectivity index (χ0v) is 18.1. The van der Waals surface area contributed by atoms with Crippen molar-refractivity contribution in [2.75, 3.05) is 11.4 Å². The molecule has 0 saturated carbocycles. The quantitative estimate of drug-likeness (QED) is 0.513. The minimum Gasteiger partial charge on any atom is -0.480 e. The molecule has 8 nitrogen and oxygen atoms in total. The Morgan fingerprint density at radius 2 is 1.79 bits per heavy atom. The monoisotopic (exact) mass is 445 g/mol. The van der Waals surface area contributed by atoms with Crippen molar-refractivity contribution in [3.63, 3.8) is 0 Å². The summed E-state index contributed by atoms with van der Waals surface area (Å²) in [6.45, 7) is 2.10. The molecule has 168 valence electrons. The van der Waals surface area contributed by atoms with E-state index in [1.165, 1.54) is 4.90 Å². The number of para-hydroxylation sites is 1. The first kappa shape index (κ1) is 22.0. The number of aliphatic carboxylic acids is 1. The average Bonchev–Trinajstić information content (AvgIpc) is 3.28. The lowest BCUT2D eigenvalue weighted by atomic mass is 10.1. The predicted molar refractivity (Wildman–Crippen MR) is 123 cm³/mol. The van der Waals surface area contributed by atoms with Gasteiger partial charge >= 0.3 is 11.9 Å². The van der Waals surface area contributed by atoms with Crippen molar-refractivity contribution < 1.29 is 24.6 Å². The molecule has 8 heteroatoms. The van der Waals surface area contributed by atoms with Crippen LogP contribution in [0.3, 0.4) is 0 Å². The van der Waals surface area contributed by atoms with Gasteiger partial charge in [-0.05, 0) is 36.3 Å². The topological polar surface area (TPSA) is 113 Å². The molecule has 0 fully saturated rings. The van der Waals surface area contributed by atoms with Crippen LogP contribution < -0.4 is 4.90 Å². The molecule has 0 unspecified atom stereocenters. The number of fused-ring (bicyclic) bond motifs is 1. The van der Waals surface area contributed by atoms with Gasteiger partial charge in [-0.3, -0.25) is 14.5 Å². The van der Waals surface area contributed by atoms with E-state index in [4.69, 9.17) is 5.11 Å². The molecule has 0 saturated heterocycles. The molecule has 33 heavy (non-hydrogen) atoms. The van der Waals surface area contributed by atoms with E-state index in [0.29, 0.717) is 23.4 Å². The van der Waals surface area contributed by atoms with E-state index in [0.717, 1.165) is 29.9 Å². The summed E-state index contributed by atoms with van der Waals surface area (Å²) in [6, 6.07) is 13.8. The van der Waals surface area contributed by atoms with E-state index < -0.39 is 18.5 Å². The van der Waals surface area contributed by atoms with Crippen LogP contribution >= 0.6 is 0 Å². The highest BCUT2D eigenvalue weighted by molar-refractivity contribution is 6.36. The van der Waals surface area contributed by atoms with Gasteiger partial charge in [0.25, 0.3) is 5.91 Å². The number of hydrogen-bond acceptors (Lipinski definition) is 4. The first-order valence-corrected chi connectivity index (χ1v) is 10.6. The molecule has 1 aromatic heterocycles. The molecule has 0 aliphatic carbocycles. The summed E-state index contributed by atoms with van der Waals surface area (Å²) < 4.78 is 2.00. The number of amides is 1. The van der Waals surface area contributed by atoms with Crippen molar-refractivity contribution in [3.8, 4) is 0 Å². The van der Waals surface area contributed by atoms with E-state index in [9.17, 15) is 19.5 Å². The predicted octanol–water partition coefficient (Wildman–Crippen LogP) is 3.55. The highest BCUT2D eigenvalue weighted by atomic mass is 16.4. The largest absolute Gasteiger partial charge is 0.480 e. The molecule has 0 spiro atoms. The summed E-state index contributed by atoms with van der Waals surface area (Å²) in [4.78, 5) is 41.4. The fourth-order valence-electron chi connectivity index (χ4n) is 3.97. The summed E-state index contributed by atoms with van der Waals surface area (Å²) in [5, 5.41) is 18.4. The number of hydrogen-bond donors (Lipinski definition) is 2. The second kappa shape index (κ2) is 9.12. The van der Waals surface area contributed by atoms with Crippen molar-refractivity contribution >= 4 is 35.2 Å². The molecule has 0 atom stereocenters. The van der Waals surface area contributed by atoms with E-state index in [-0.39, 0.29) is 11.5 Å². The van der Waals surface area contributed by atoms with Crippen molar-refractivity contribution in [3.05, 3.63) is 82.9 Å². The fourth-order valence-corrected chi connectivity index (χ4v) is 3.97. The number of carbonyl (C=O) groups excluding carboxylic acids is 1. The Labute approximate surface area is 190 Å². The van der Waals surface area contributed by atoms with Crippen LogP contribution in [-0.4, -0.2) is 44.2 Å². The minimum atomic E-state index is -1.08. The number of carboxylic acid groups (broad SMARTS) is 2. The number of aromatic carboxylic acids is 1. The van der Waals surface area contributed by atoms with Crippen LogP contribution in [0.1, 0.15) is 46.3 Å². The summed E-state index contributed by atoms with van der Waals surface area (Å²) in [6.07, 6.45) is 5.09. The second-order valence-electron chi connectivity index (χ2n) is 7.80. The lowest BCUT2D eigenvalue weighted by Gasteiger charge is -2.13. The van der Waals surface area contributed by atoms with Gasteiger partial charge in [0.1, 0.15) is 12.4 Å². The molecule has 2 aromatic carbocycles. The first-order chi connectivity index (χ1) is 15.9. The van der Waals surface area contributed by atoms with E-state index >= 15 is 0 Å². The molecule has 4 rings (SSSR count). The fraction of sp³-hybridized carbons (Fsp3) is 0.200. The number of carboxylic acids is 2. The first-order valence-electron chi connectivity index (χ1n) is 10.6. The maximum atomic E-state index is 13.1. The van der Waals surface area contributed by atoms with Crippen molar-refractivity contribution in [2.24, 2.45) is 0 Å². The number of rotatable bonds is 8. The number of nitrogens with zero attached hydrogens (tertiary/aromatic N) is 3. The number of imidazole rings is 1. The van der Waals surface area contributed by atoms with Crippen LogP contribution in [0.15, 0.2) is 54.7 Å². The van der Waals surface area contributed by atoms with Crippen LogP contribution in [0.2, 0.25) is 0 Å². The van der Waals surface area contributed by atoms with Gasteiger partial charge in [0.15, 0.2) is 0 Å². The zero-order valence-electron chi connectivity index (χ0n) is 18.1. The summed E-state index contributed by atoms with van der Waals surface area (Å²) in [5.41, 5.74) is 3.50. The number of aromatic nitrogens is 2. The Balaban J connectivity index is 1.74. The molecule has 1 aliphatic heterocycles. The number of anilines is 1. The Morgan fingerprint density at radius 1 is 1.06 bits per heavy atom. The minimum absolute atomic E-state index is 0.215. The lowest BCUT2D eigenvalue weighted by molar-refractivity contribution is -0.136. The maximum Gasteiger partial charge on any atom is 0.335 e. The maximum absolute atomic E-state index is 13.1. The Kier molecular flexibility index (Phi) is 6.08. The molecule has 0 radical (unpaired) electrons. The Bertz CT molecular complexity index is 1260. The molecule has 3 aromatic rings. The Morgan fingerprint density at radius 3 is 2.45 bits per heavy atom. The van der Waals surface area contributed by atoms with Gasteiger partial charge in [0.05, 0.1) is 28.7 Å². The van der Waals surface area contributed by atoms with Crippen LogP contribution in [0.4, 0.5) is 5.69 Å². The van der Waals surface area contributed by atoms with Crippen molar-refractivity contribution in [1.29, 1.82) is 0 Å². The Hall–Kier alpha value is -4.20. The number of aryl methyl sites for hydroxylation is 1. The van der Waals surface area contributed by atoms with Crippen LogP contribution in [0, 0.1) is 0 Å². The SMILES string of the molecule is CCCc1ncc(/C=C2\C(=O)N(CC(=O)O)c3ccccc32)n1Cc1ccc(C(=O)O)cc1. The van der Waals surface area contributed by atoms with E-state index in [1.807, 2.05) is 10.6 Å². The van der Waals surface area contributed by atoms with Crippen molar-refractivity contribution in [1.82, 2.24) is 9.55 Å². The zero-order chi connectivity index (χ0) is 23.5. The third-order valence-corrected chi connectivity index (χ3v) is 5.53. The number of benzene rings is 2. The van der Waals surface area contributed by atoms with Gasteiger partial charge < -0.3 is 14.8 Å². The highest BCUT2D eigenvalue weighted by Crippen LogP contribution is 2.37. The van der Waals surface area contributed by atoms with Crippen LogP contribution in [0.25, 0.3) is 11.6 Å². The number of carbonyl (C=O) groups is 3. The average molecular weight is 445 g/mol. The van der Waals surface area contributed by atoms with Gasteiger partial charge in [-0.2, -0.15) is 0 Å². The van der Waals surface area contributed by atoms with E-state index in [2.05, 4.69) is 11.9 Å². The second-order valence-corrected chi connectivity index (χ2v) is 7.80. The highest BCUT2D eigenvalue weighted by Gasteiger charge is 2.33. The molecule has 0 bridgehead atoms. The molecule has 2 N–H and O–H groups in total. The van der Waals surface area contributed by atoms with Gasteiger partial charge in [0.2, 0.25) is 0 Å². The lowest BCUT2D eigenvalue weighted by Crippen LogP contribution is -2.32. The van der Waals surface area contributed by atoms with Gasteiger partial charge in [-0.1, -0.05) is 37.3 Å². The molecule has 2 heterocycles. The molecular weight excluding hydrogens is 422 g/mol. The van der Waals surface area contributed by atoms with E-state index in [1.54, 1.807) is 54.7 Å². The molecular formula is C25H23N3O5. The standard InChI is InChI=1S/C25H23N3O5/c1-2-5-22-26-13-18(27(22)14-16-8-10-17(11-9-16)25(32)33)12-20-19-6-3-4-7-21(19)28(24(20)31)15-23(29)30/h3-4,6-13H,2,5,14-15H2,1H3,(H,29,30)(H,32,33)/b20-12-. The molecule has 1 amide bonds.